The molecule has 1 atom stereocenters. The van der Waals surface area contributed by atoms with Crippen molar-refractivity contribution in [2.45, 2.75) is 19.4 Å². The number of hydrogen-bond acceptors (Lipinski definition) is 4. The fourth-order valence-electron chi connectivity index (χ4n) is 3.41. The summed E-state index contributed by atoms with van der Waals surface area (Å²) in [6, 6.07) is 6.67. The lowest BCUT2D eigenvalue weighted by atomic mass is 10.1. The first-order chi connectivity index (χ1) is 14.1. The summed E-state index contributed by atoms with van der Waals surface area (Å²) < 4.78 is 21.1. The standard InChI is InChI=1S/C21H31FN6O/c1-4-23-21(24-9-6-10-26(2)19-8-5-7-18(22)13-19)28-11-12-29-20(16-28)17-14-25-27(3)15-17/h5,7-8,13-15,20H,4,6,9-12,16H2,1-3H3,(H,23,24). The van der Waals surface area contributed by atoms with Gasteiger partial charge in [0.05, 0.1) is 19.3 Å². The van der Waals surface area contributed by atoms with Crippen molar-refractivity contribution in [2.24, 2.45) is 12.0 Å². The first-order valence-electron chi connectivity index (χ1n) is 10.2. The lowest BCUT2D eigenvalue weighted by Gasteiger charge is -2.34. The minimum Gasteiger partial charge on any atom is -0.374 e. The molecule has 8 heteroatoms. The summed E-state index contributed by atoms with van der Waals surface area (Å²) in [4.78, 5) is 9.11. The number of nitrogens with zero attached hydrogens (tertiary/aromatic N) is 5. The van der Waals surface area contributed by atoms with Crippen molar-refractivity contribution in [3.05, 3.63) is 48.0 Å². The second-order valence-corrected chi connectivity index (χ2v) is 7.24. The minimum atomic E-state index is -0.211. The third kappa shape index (κ3) is 5.93. The summed E-state index contributed by atoms with van der Waals surface area (Å²) >= 11 is 0. The number of aryl methyl sites for hydroxylation is 1. The van der Waals surface area contributed by atoms with Crippen LogP contribution in [0.5, 0.6) is 0 Å². The summed E-state index contributed by atoms with van der Waals surface area (Å²) in [6.07, 6.45) is 4.75. The van der Waals surface area contributed by atoms with E-state index >= 15 is 0 Å². The first-order valence-corrected chi connectivity index (χ1v) is 10.2. The molecule has 1 unspecified atom stereocenters. The Bertz CT molecular complexity index is 808. The zero-order valence-corrected chi connectivity index (χ0v) is 17.5. The number of hydrogen-bond donors (Lipinski definition) is 1. The average Bonchev–Trinajstić information content (AvgIpc) is 3.16. The summed E-state index contributed by atoms with van der Waals surface area (Å²) in [6.45, 7) is 6.63. The van der Waals surface area contributed by atoms with Crippen molar-refractivity contribution in [2.75, 3.05) is 51.3 Å². The average molecular weight is 403 g/mol. The summed E-state index contributed by atoms with van der Waals surface area (Å²) in [5.74, 6) is 0.704. The van der Waals surface area contributed by atoms with Gasteiger partial charge in [0.25, 0.3) is 0 Å². The lowest BCUT2D eigenvalue weighted by molar-refractivity contribution is -0.00803. The van der Waals surface area contributed by atoms with E-state index in [-0.39, 0.29) is 11.9 Å². The molecule has 0 bridgehead atoms. The van der Waals surface area contributed by atoms with Crippen LogP contribution in [-0.4, -0.2) is 67.0 Å². The van der Waals surface area contributed by atoms with E-state index in [2.05, 4.69) is 27.1 Å². The number of guanidine groups is 1. The van der Waals surface area contributed by atoms with E-state index in [0.717, 1.165) is 49.8 Å². The molecular formula is C21H31FN6O. The maximum atomic E-state index is 13.4. The highest BCUT2D eigenvalue weighted by Gasteiger charge is 2.25. The van der Waals surface area contributed by atoms with Gasteiger partial charge >= 0.3 is 0 Å². The molecule has 1 saturated heterocycles. The van der Waals surface area contributed by atoms with Crippen molar-refractivity contribution in [1.82, 2.24) is 20.0 Å². The van der Waals surface area contributed by atoms with Crippen LogP contribution in [-0.2, 0) is 11.8 Å². The predicted octanol–water partition coefficient (Wildman–Crippen LogP) is 2.42. The first kappa shape index (κ1) is 21.1. The quantitative estimate of drug-likeness (QED) is 0.438. The molecule has 1 aromatic heterocycles. The zero-order chi connectivity index (χ0) is 20.6. The number of nitrogens with one attached hydrogen (secondary N) is 1. The van der Waals surface area contributed by atoms with Gasteiger partial charge in [0, 0.05) is 57.7 Å². The topological polar surface area (TPSA) is 57.9 Å². The third-order valence-corrected chi connectivity index (χ3v) is 4.96. The van der Waals surface area contributed by atoms with E-state index in [0.29, 0.717) is 13.2 Å². The van der Waals surface area contributed by atoms with E-state index < -0.39 is 0 Å². The molecule has 1 N–H and O–H groups in total. The fraction of sp³-hybridized carbons (Fsp3) is 0.524. The van der Waals surface area contributed by atoms with E-state index in [1.807, 2.05) is 32.6 Å². The van der Waals surface area contributed by atoms with E-state index in [1.54, 1.807) is 16.8 Å². The summed E-state index contributed by atoms with van der Waals surface area (Å²) in [7, 11) is 3.89. The highest BCUT2D eigenvalue weighted by molar-refractivity contribution is 5.80. The maximum absolute atomic E-state index is 13.4. The van der Waals surface area contributed by atoms with Gasteiger partial charge in [0.2, 0.25) is 0 Å². The van der Waals surface area contributed by atoms with Crippen LogP contribution in [0.2, 0.25) is 0 Å². The Morgan fingerprint density at radius 3 is 3.03 bits per heavy atom. The molecular weight excluding hydrogens is 371 g/mol. The molecule has 7 nitrogen and oxygen atoms in total. The van der Waals surface area contributed by atoms with Crippen molar-refractivity contribution in [3.8, 4) is 0 Å². The Kier molecular flexibility index (Phi) is 7.46. The Labute approximate surface area is 172 Å². The number of rotatable bonds is 7. The monoisotopic (exact) mass is 402 g/mol. The number of anilines is 1. The molecule has 2 heterocycles. The largest absolute Gasteiger partial charge is 0.374 e. The van der Waals surface area contributed by atoms with Crippen LogP contribution in [0.15, 0.2) is 41.7 Å². The zero-order valence-electron chi connectivity index (χ0n) is 17.5. The second kappa shape index (κ2) is 10.2. The second-order valence-electron chi connectivity index (χ2n) is 7.24. The van der Waals surface area contributed by atoms with Gasteiger partial charge in [0.15, 0.2) is 5.96 Å². The number of morpholine rings is 1. The van der Waals surface area contributed by atoms with Crippen molar-refractivity contribution >= 4 is 11.6 Å². The molecule has 158 valence electrons. The van der Waals surface area contributed by atoms with Crippen LogP contribution in [0.1, 0.15) is 25.0 Å². The smallest absolute Gasteiger partial charge is 0.194 e. The van der Waals surface area contributed by atoms with Crippen LogP contribution in [0.4, 0.5) is 10.1 Å². The SMILES string of the molecule is CCNC(=NCCCN(C)c1cccc(F)c1)N1CCOC(c2cnn(C)c2)C1. The third-order valence-electron chi connectivity index (χ3n) is 4.96. The van der Waals surface area contributed by atoms with Crippen LogP contribution in [0.3, 0.4) is 0 Å². The molecule has 3 rings (SSSR count). The maximum Gasteiger partial charge on any atom is 0.194 e. The Hall–Kier alpha value is -2.61. The molecule has 1 aliphatic heterocycles. The highest BCUT2D eigenvalue weighted by atomic mass is 19.1. The van der Waals surface area contributed by atoms with E-state index in [4.69, 9.17) is 9.73 Å². The number of ether oxygens (including phenoxy) is 1. The molecule has 1 aromatic carbocycles. The number of aromatic nitrogens is 2. The van der Waals surface area contributed by atoms with Gasteiger partial charge in [-0.3, -0.25) is 9.67 Å². The number of aliphatic imine (C=N–C) groups is 1. The van der Waals surface area contributed by atoms with Crippen LogP contribution >= 0.6 is 0 Å². The normalized spacial score (nSPS) is 17.4. The van der Waals surface area contributed by atoms with Gasteiger partial charge in [-0.1, -0.05) is 6.07 Å². The van der Waals surface area contributed by atoms with Crippen molar-refractivity contribution < 1.29 is 9.13 Å². The van der Waals surface area contributed by atoms with E-state index in [1.165, 1.54) is 6.07 Å². The van der Waals surface area contributed by atoms with Crippen molar-refractivity contribution in [1.29, 1.82) is 0 Å². The van der Waals surface area contributed by atoms with Gasteiger partial charge in [-0.25, -0.2) is 4.39 Å². The number of benzene rings is 1. The summed E-state index contributed by atoms with van der Waals surface area (Å²) in [5.41, 5.74) is 1.97. The van der Waals surface area contributed by atoms with Crippen LogP contribution in [0.25, 0.3) is 0 Å². The molecule has 0 radical (unpaired) electrons. The molecule has 0 saturated carbocycles. The van der Waals surface area contributed by atoms with Crippen LogP contribution < -0.4 is 10.2 Å². The molecule has 0 spiro atoms. The van der Waals surface area contributed by atoms with Gasteiger partial charge in [-0.2, -0.15) is 5.10 Å². The van der Waals surface area contributed by atoms with Gasteiger partial charge in [-0.15, -0.1) is 0 Å². The minimum absolute atomic E-state index is 0.000386. The molecule has 29 heavy (non-hydrogen) atoms. The number of halogens is 1. The predicted molar refractivity (Wildman–Crippen MR) is 114 cm³/mol. The molecule has 1 aliphatic rings. The Morgan fingerprint density at radius 2 is 2.31 bits per heavy atom. The van der Waals surface area contributed by atoms with Crippen molar-refractivity contribution in [3.63, 3.8) is 0 Å². The Morgan fingerprint density at radius 1 is 1.45 bits per heavy atom. The summed E-state index contributed by atoms with van der Waals surface area (Å²) in [5, 5.41) is 7.64. The van der Waals surface area contributed by atoms with Crippen LogP contribution in [0, 0.1) is 5.82 Å². The lowest BCUT2D eigenvalue weighted by Crippen LogP contribution is -2.48. The molecule has 0 aliphatic carbocycles. The molecule has 0 amide bonds. The van der Waals surface area contributed by atoms with Gasteiger partial charge in [0.1, 0.15) is 11.9 Å². The molecule has 1 fully saturated rings. The van der Waals surface area contributed by atoms with Gasteiger partial charge < -0.3 is 19.9 Å². The fourth-order valence-corrected chi connectivity index (χ4v) is 3.41. The van der Waals surface area contributed by atoms with Gasteiger partial charge in [-0.05, 0) is 31.5 Å². The van der Waals surface area contributed by atoms with E-state index in [9.17, 15) is 4.39 Å². The highest BCUT2D eigenvalue weighted by Crippen LogP contribution is 2.21. The molecule has 2 aromatic rings. The Balaban J connectivity index is 1.54.